The molecule has 0 amide bonds. The molecule has 0 saturated carbocycles. The van der Waals surface area contributed by atoms with Gasteiger partial charge in [-0.1, -0.05) is 54.5 Å². The van der Waals surface area contributed by atoms with Crippen LogP contribution in [0.25, 0.3) is 0 Å². The van der Waals surface area contributed by atoms with Crippen molar-refractivity contribution in [2.75, 3.05) is 0 Å². The number of aromatic hydroxyl groups is 1. The van der Waals surface area contributed by atoms with Crippen molar-refractivity contribution in [3.63, 3.8) is 0 Å². The molecule has 1 aromatic carbocycles. The molecule has 0 aliphatic heterocycles. The number of carboxylic acid groups (broad SMARTS) is 1. The lowest BCUT2D eigenvalue weighted by atomic mass is 9.76. The van der Waals surface area contributed by atoms with Crippen molar-refractivity contribution in [3.05, 3.63) is 28.8 Å². The Balaban J connectivity index is 3.63. The minimum Gasteiger partial charge on any atom is -0.550 e. The second kappa shape index (κ2) is 5.12. The van der Waals surface area contributed by atoms with E-state index in [-0.39, 0.29) is 16.6 Å². The number of phenolic OH excluding ortho intramolecular Hbond substituents is 1. The van der Waals surface area contributed by atoms with E-state index in [0.717, 1.165) is 16.7 Å². The summed E-state index contributed by atoms with van der Waals surface area (Å²) in [5.74, 6) is -1.58. The number of carbonyl (C=O) groups excluding carboxylic acids is 1. The molecule has 0 aliphatic carbocycles. The maximum Gasteiger partial charge on any atom is 0.119 e. The topological polar surface area (TPSA) is 60.4 Å². The molecule has 0 aliphatic rings. The fourth-order valence-electron chi connectivity index (χ4n) is 2.34. The van der Waals surface area contributed by atoms with Gasteiger partial charge in [0.1, 0.15) is 5.75 Å². The molecule has 1 N–H and O–H groups in total. The molecule has 0 heterocycles. The summed E-state index contributed by atoms with van der Waals surface area (Å²) >= 11 is 0. The molecule has 0 bridgehead atoms. The van der Waals surface area contributed by atoms with Crippen molar-refractivity contribution in [2.45, 2.75) is 65.2 Å². The van der Waals surface area contributed by atoms with Crippen LogP contribution in [0, 0.1) is 0 Å². The van der Waals surface area contributed by atoms with Gasteiger partial charge in [0.05, 0.1) is 0 Å². The smallest absolute Gasteiger partial charge is 0.119 e. The third kappa shape index (κ3) is 3.33. The molecule has 0 fully saturated rings. The first-order valence-electron chi connectivity index (χ1n) is 6.94. The highest BCUT2D eigenvalue weighted by atomic mass is 16.4. The molecule has 1 atom stereocenters. The van der Waals surface area contributed by atoms with Crippen LogP contribution in [0.1, 0.15) is 71.1 Å². The van der Waals surface area contributed by atoms with E-state index in [2.05, 4.69) is 0 Å². The first-order valence-corrected chi connectivity index (χ1v) is 6.94. The van der Waals surface area contributed by atoms with Crippen molar-refractivity contribution in [1.29, 1.82) is 0 Å². The number of aliphatic carboxylic acids is 1. The van der Waals surface area contributed by atoms with Crippen LogP contribution in [0.3, 0.4) is 0 Å². The van der Waals surface area contributed by atoms with Gasteiger partial charge >= 0.3 is 0 Å². The Kier molecular flexibility index (Phi) is 4.23. The van der Waals surface area contributed by atoms with E-state index in [1.807, 2.05) is 47.6 Å². The van der Waals surface area contributed by atoms with E-state index >= 15 is 0 Å². The van der Waals surface area contributed by atoms with Gasteiger partial charge in [-0.15, -0.1) is 0 Å². The zero-order chi connectivity index (χ0) is 15.9. The highest BCUT2D eigenvalue weighted by Crippen LogP contribution is 2.39. The van der Waals surface area contributed by atoms with E-state index in [4.69, 9.17) is 0 Å². The van der Waals surface area contributed by atoms with E-state index in [9.17, 15) is 15.0 Å². The Morgan fingerprint density at radius 3 is 1.85 bits per heavy atom. The molecule has 3 nitrogen and oxygen atoms in total. The van der Waals surface area contributed by atoms with Crippen LogP contribution in [-0.4, -0.2) is 11.1 Å². The normalized spacial score (nSPS) is 14.2. The third-order valence-electron chi connectivity index (χ3n) is 3.60. The SMILES string of the molecule is CC(C(=O)[O-])c1cc(C(C)(C)C)c(O)cc1C(C)(C)C. The summed E-state index contributed by atoms with van der Waals surface area (Å²) in [5, 5.41) is 21.5. The number of hydrogen-bond donors (Lipinski definition) is 1. The second-order valence-electron chi connectivity index (χ2n) is 7.50. The van der Waals surface area contributed by atoms with Crippen LogP contribution in [0.2, 0.25) is 0 Å². The number of hydrogen-bond acceptors (Lipinski definition) is 3. The molecule has 3 heteroatoms. The van der Waals surface area contributed by atoms with Gasteiger partial charge < -0.3 is 15.0 Å². The number of carboxylic acids is 1. The number of rotatable bonds is 2. The minimum atomic E-state index is -1.10. The average molecular weight is 277 g/mol. The molecule has 20 heavy (non-hydrogen) atoms. The summed E-state index contributed by atoms with van der Waals surface area (Å²) < 4.78 is 0. The summed E-state index contributed by atoms with van der Waals surface area (Å²) in [6.45, 7) is 13.6. The standard InChI is InChI=1S/C17H26O3/c1-10(15(19)20)11-8-13(17(5,6)7)14(18)9-12(11)16(2,3)4/h8-10,18H,1-7H3,(H,19,20)/p-1. The molecule has 1 unspecified atom stereocenters. The molecule has 1 rings (SSSR count). The molecule has 0 saturated heterocycles. The summed E-state index contributed by atoms with van der Waals surface area (Å²) in [7, 11) is 0. The fraction of sp³-hybridized carbons (Fsp3) is 0.588. The van der Waals surface area contributed by atoms with Gasteiger partial charge in [-0.05, 0) is 33.6 Å². The molecule has 0 aromatic heterocycles. The van der Waals surface area contributed by atoms with Crippen molar-refractivity contribution in [2.24, 2.45) is 0 Å². The highest BCUT2D eigenvalue weighted by Gasteiger charge is 2.27. The maximum atomic E-state index is 11.3. The van der Waals surface area contributed by atoms with E-state index in [0.29, 0.717) is 0 Å². The first-order chi connectivity index (χ1) is 8.85. The lowest BCUT2D eigenvalue weighted by Crippen LogP contribution is -2.30. The van der Waals surface area contributed by atoms with Crippen LogP contribution in [0.4, 0.5) is 0 Å². The van der Waals surface area contributed by atoms with E-state index < -0.39 is 11.9 Å². The number of carbonyl (C=O) groups is 1. The summed E-state index contributed by atoms with van der Waals surface area (Å²) in [6.07, 6.45) is 0. The molecule has 0 radical (unpaired) electrons. The average Bonchev–Trinajstić information content (AvgIpc) is 2.24. The third-order valence-corrected chi connectivity index (χ3v) is 3.60. The fourth-order valence-corrected chi connectivity index (χ4v) is 2.34. The lowest BCUT2D eigenvalue weighted by molar-refractivity contribution is -0.307. The largest absolute Gasteiger partial charge is 0.550 e. The molecule has 112 valence electrons. The second-order valence-corrected chi connectivity index (χ2v) is 7.50. The van der Waals surface area contributed by atoms with Crippen LogP contribution in [0.5, 0.6) is 5.75 Å². The van der Waals surface area contributed by atoms with Gasteiger partial charge in [0.15, 0.2) is 0 Å². The molecule has 1 aromatic rings. The van der Waals surface area contributed by atoms with Gasteiger partial charge in [-0.3, -0.25) is 0 Å². The van der Waals surface area contributed by atoms with Gasteiger partial charge in [-0.2, -0.15) is 0 Å². The Morgan fingerprint density at radius 2 is 1.50 bits per heavy atom. The Labute approximate surface area is 121 Å². The number of phenols is 1. The van der Waals surface area contributed by atoms with Gasteiger partial charge in [-0.25, -0.2) is 0 Å². The summed E-state index contributed by atoms with van der Waals surface area (Å²) in [5.41, 5.74) is 1.84. The Hall–Kier alpha value is -1.51. The van der Waals surface area contributed by atoms with Crippen LogP contribution in [0.15, 0.2) is 12.1 Å². The molecule has 0 spiro atoms. The highest BCUT2D eigenvalue weighted by molar-refractivity contribution is 5.75. The van der Waals surface area contributed by atoms with Gasteiger partial charge in [0.25, 0.3) is 0 Å². The lowest BCUT2D eigenvalue weighted by Gasteiger charge is -2.30. The van der Waals surface area contributed by atoms with Crippen molar-refractivity contribution in [1.82, 2.24) is 0 Å². The summed E-state index contributed by atoms with van der Waals surface area (Å²) in [6, 6.07) is 3.52. The van der Waals surface area contributed by atoms with Gasteiger partial charge in [0, 0.05) is 11.9 Å². The van der Waals surface area contributed by atoms with Crippen molar-refractivity contribution >= 4 is 5.97 Å². The van der Waals surface area contributed by atoms with Crippen molar-refractivity contribution in [3.8, 4) is 5.75 Å². The number of benzene rings is 1. The summed E-state index contributed by atoms with van der Waals surface area (Å²) in [4.78, 5) is 11.3. The van der Waals surface area contributed by atoms with E-state index in [1.54, 1.807) is 13.0 Å². The predicted octanol–water partition coefficient (Wildman–Crippen LogP) is 2.84. The Bertz CT molecular complexity index is 516. The van der Waals surface area contributed by atoms with Gasteiger partial charge in [0.2, 0.25) is 0 Å². The Morgan fingerprint density at radius 1 is 1.05 bits per heavy atom. The molecular weight excluding hydrogens is 252 g/mol. The minimum absolute atomic E-state index is 0.219. The first kappa shape index (κ1) is 16.5. The van der Waals surface area contributed by atoms with Crippen LogP contribution in [-0.2, 0) is 15.6 Å². The van der Waals surface area contributed by atoms with E-state index in [1.165, 1.54) is 0 Å². The zero-order valence-electron chi connectivity index (χ0n) is 13.5. The molecular formula is C17H25O3-. The quantitative estimate of drug-likeness (QED) is 0.904. The monoisotopic (exact) mass is 277 g/mol. The maximum absolute atomic E-state index is 11.3. The zero-order valence-corrected chi connectivity index (χ0v) is 13.5. The van der Waals surface area contributed by atoms with Crippen LogP contribution < -0.4 is 5.11 Å². The predicted molar refractivity (Wildman–Crippen MR) is 78.9 cm³/mol. The van der Waals surface area contributed by atoms with Crippen LogP contribution >= 0.6 is 0 Å². The van der Waals surface area contributed by atoms with Crippen molar-refractivity contribution < 1.29 is 15.0 Å².